The lowest BCUT2D eigenvalue weighted by Gasteiger charge is -2.32. The number of rotatable bonds is 2. The summed E-state index contributed by atoms with van der Waals surface area (Å²) in [6.45, 7) is 3.75. The number of hydrogen-bond donors (Lipinski definition) is 2. The molecule has 4 heteroatoms. The van der Waals surface area contributed by atoms with Gasteiger partial charge in [0.1, 0.15) is 6.04 Å². The van der Waals surface area contributed by atoms with Gasteiger partial charge in [-0.3, -0.25) is 4.79 Å². The van der Waals surface area contributed by atoms with Crippen molar-refractivity contribution in [1.29, 1.82) is 0 Å². The number of amides is 1. The van der Waals surface area contributed by atoms with E-state index in [1.807, 2.05) is 23.1 Å². The average molecular weight is 274 g/mol. The van der Waals surface area contributed by atoms with E-state index in [2.05, 4.69) is 18.3 Å². The van der Waals surface area contributed by atoms with Crippen LogP contribution in [0.1, 0.15) is 30.5 Å². The van der Waals surface area contributed by atoms with E-state index in [-0.39, 0.29) is 24.6 Å². The molecule has 1 amide bonds. The molecular weight excluding hydrogens is 252 g/mol. The molecule has 1 fully saturated rings. The van der Waals surface area contributed by atoms with E-state index in [1.54, 1.807) is 0 Å². The van der Waals surface area contributed by atoms with E-state index >= 15 is 0 Å². The summed E-state index contributed by atoms with van der Waals surface area (Å²) in [5.74, 6) is 0.489. The van der Waals surface area contributed by atoms with E-state index in [0.29, 0.717) is 5.92 Å². The molecule has 0 aliphatic carbocycles. The van der Waals surface area contributed by atoms with Gasteiger partial charge < -0.3 is 15.3 Å². The van der Waals surface area contributed by atoms with Gasteiger partial charge in [-0.25, -0.2) is 0 Å². The Morgan fingerprint density at radius 1 is 1.45 bits per heavy atom. The molecule has 2 N–H and O–H groups in total. The maximum atomic E-state index is 12.8. The maximum Gasteiger partial charge on any atom is 0.244 e. The van der Waals surface area contributed by atoms with Crippen molar-refractivity contribution in [2.75, 3.05) is 19.7 Å². The summed E-state index contributed by atoms with van der Waals surface area (Å²) >= 11 is 0. The number of likely N-dealkylation sites (tertiary alicyclic amines) is 1. The number of carbonyl (C=O) groups is 1. The Labute approximate surface area is 119 Å². The number of carbonyl (C=O) groups excluding carboxylic acids is 1. The molecule has 108 valence electrons. The maximum absolute atomic E-state index is 12.8. The molecule has 0 spiro atoms. The summed E-state index contributed by atoms with van der Waals surface area (Å²) < 4.78 is 0. The van der Waals surface area contributed by atoms with Crippen LogP contribution in [0.3, 0.4) is 0 Å². The van der Waals surface area contributed by atoms with E-state index in [4.69, 9.17) is 0 Å². The van der Waals surface area contributed by atoms with Crippen molar-refractivity contribution in [3.05, 3.63) is 35.4 Å². The molecule has 0 bridgehead atoms. The first-order valence-corrected chi connectivity index (χ1v) is 7.45. The minimum absolute atomic E-state index is 0.0293. The minimum atomic E-state index is -0.251. The van der Waals surface area contributed by atoms with E-state index < -0.39 is 0 Å². The van der Waals surface area contributed by atoms with Gasteiger partial charge in [-0.15, -0.1) is 0 Å². The zero-order valence-electron chi connectivity index (χ0n) is 11.9. The molecule has 1 saturated heterocycles. The number of benzene rings is 1. The van der Waals surface area contributed by atoms with Crippen LogP contribution >= 0.6 is 0 Å². The second-order valence-electron chi connectivity index (χ2n) is 5.88. The molecule has 3 rings (SSSR count). The smallest absolute Gasteiger partial charge is 0.244 e. The van der Waals surface area contributed by atoms with Crippen LogP contribution in [0.5, 0.6) is 0 Å². The zero-order valence-corrected chi connectivity index (χ0v) is 11.9. The molecule has 0 radical (unpaired) electrons. The zero-order chi connectivity index (χ0) is 14.1. The number of aliphatic hydroxyl groups is 1. The minimum Gasteiger partial charge on any atom is -0.394 e. The van der Waals surface area contributed by atoms with Crippen molar-refractivity contribution in [1.82, 2.24) is 10.2 Å². The topological polar surface area (TPSA) is 52.6 Å². The van der Waals surface area contributed by atoms with Gasteiger partial charge in [0.05, 0.1) is 12.6 Å². The molecule has 20 heavy (non-hydrogen) atoms. The first-order valence-electron chi connectivity index (χ1n) is 7.45. The average Bonchev–Trinajstić information content (AvgIpc) is 2.86. The van der Waals surface area contributed by atoms with Crippen molar-refractivity contribution < 1.29 is 9.90 Å². The summed E-state index contributed by atoms with van der Waals surface area (Å²) in [4.78, 5) is 14.7. The summed E-state index contributed by atoms with van der Waals surface area (Å²) in [5.41, 5.74) is 2.36. The Bertz CT molecular complexity index is 503. The van der Waals surface area contributed by atoms with Crippen LogP contribution in [0.25, 0.3) is 0 Å². The number of nitrogens with zero attached hydrogens (tertiary/aromatic N) is 1. The van der Waals surface area contributed by atoms with Gasteiger partial charge in [0.15, 0.2) is 0 Å². The second-order valence-corrected chi connectivity index (χ2v) is 5.88. The van der Waals surface area contributed by atoms with Gasteiger partial charge in [-0.2, -0.15) is 0 Å². The molecule has 2 aliphatic rings. The Kier molecular flexibility index (Phi) is 3.76. The number of hydrogen-bond acceptors (Lipinski definition) is 3. The fourth-order valence-electron chi connectivity index (χ4n) is 3.45. The van der Waals surface area contributed by atoms with Crippen LogP contribution in [-0.2, 0) is 11.2 Å². The van der Waals surface area contributed by atoms with Crippen molar-refractivity contribution in [3.8, 4) is 0 Å². The van der Waals surface area contributed by atoms with Crippen LogP contribution < -0.4 is 5.32 Å². The van der Waals surface area contributed by atoms with E-state index in [9.17, 15) is 9.90 Å². The van der Waals surface area contributed by atoms with Gasteiger partial charge in [0.2, 0.25) is 5.91 Å². The fourth-order valence-corrected chi connectivity index (χ4v) is 3.45. The molecule has 4 nitrogen and oxygen atoms in total. The normalized spacial score (nSPS) is 29.3. The molecule has 2 aliphatic heterocycles. The molecule has 0 saturated carbocycles. The number of fused-ring (bicyclic) bond motifs is 1. The fraction of sp³-hybridized carbons (Fsp3) is 0.562. The summed E-state index contributed by atoms with van der Waals surface area (Å²) in [6.07, 6.45) is 1.95. The van der Waals surface area contributed by atoms with Crippen LogP contribution in [0.15, 0.2) is 24.3 Å². The predicted octanol–water partition coefficient (Wildman–Crippen LogP) is 1.10. The lowest BCUT2D eigenvalue weighted by molar-refractivity contribution is -0.135. The van der Waals surface area contributed by atoms with Gasteiger partial charge in [-0.05, 0) is 29.9 Å². The third kappa shape index (κ3) is 2.23. The Balaban J connectivity index is 1.85. The Hall–Kier alpha value is -1.39. The third-order valence-electron chi connectivity index (χ3n) is 4.71. The molecule has 1 aromatic rings. The highest BCUT2D eigenvalue weighted by Crippen LogP contribution is 2.30. The molecule has 0 aromatic heterocycles. The number of aliphatic hydroxyl groups excluding tert-OH is 1. The summed E-state index contributed by atoms with van der Waals surface area (Å²) in [5, 5.41) is 12.9. The molecule has 2 heterocycles. The summed E-state index contributed by atoms with van der Waals surface area (Å²) in [7, 11) is 0. The Morgan fingerprint density at radius 3 is 3.05 bits per heavy atom. The third-order valence-corrected chi connectivity index (χ3v) is 4.71. The molecular formula is C16H22N2O2. The second kappa shape index (κ2) is 5.54. The molecule has 1 aromatic carbocycles. The molecule has 3 unspecified atom stereocenters. The Morgan fingerprint density at radius 2 is 2.25 bits per heavy atom. The van der Waals surface area contributed by atoms with Crippen molar-refractivity contribution in [3.63, 3.8) is 0 Å². The SMILES string of the molecule is CC1CCN(C(=O)C2NCCc3ccccc32)C1CO. The first-order chi connectivity index (χ1) is 9.72. The van der Waals surface area contributed by atoms with Crippen LogP contribution in [0, 0.1) is 5.92 Å². The highest BCUT2D eigenvalue weighted by molar-refractivity contribution is 5.84. The van der Waals surface area contributed by atoms with E-state index in [0.717, 1.165) is 31.5 Å². The van der Waals surface area contributed by atoms with Crippen molar-refractivity contribution in [2.45, 2.75) is 31.8 Å². The van der Waals surface area contributed by atoms with Crippen LogP contribution in [0.2, 0.25) is 0 Å². The highest BCUT2D eigenvalue weighted by atomic mass is 16.3. The van der Waals surface area contributed by atoms with Gasteiger partial charge >= 0.3 is 0 Å². The predicted molar refractivity (Wildman–Crippen MR) is 77.3 cm³/mol. The standard InChI is InChI=1S/C16H22N2O2/c1-11-7-9-18(14(11)10-19)16(20)15-13-5-3-2-4-12(13)6-8-17-15/h2-5,11,14-15,17,19H,6-10H2,1H3. The highest BCUT2D eigenvalue weighted by Gasteiger charge is 2.38. The van der Waals surface area contributed by atoms with Gasteiger partial charge in [0, 0.05) is 13.1 Å². The van der Waals surface area contributed by atoms with E-state index in [1.165, 1.54) is 5.56 Å². The van der Waals surface area contributed by atoms with Gasteiger partial charge in [0.25, 0.3) is 0 Å². The van der Waals surface area contributed by atoms with Crippen molar-refractivity contribution in [2.24, 2.45) is 5.92 Å². The lowest BCUT2D eigenvalue weighted by atomic mass is 9.93. The van der Waals surface area contributed by atoms with Crippen LogP contribution in [-0.4, -0.2) is 41.7 Å². The quantitative estimate of drug-likeness (QED) is 0.849. The lowest BCUT2D eigenvalue weighted by Crippen LogP contribution is -2.47. The number of nitrogens with one attached hydrogen (secondary N) is 1. The molecule has 3 atom stereocenters. The van der Waals surface area contributed by atoms with Crippen LogP contribution in [0.4, 0.5) is 0 Å². The monoisotopic (exact) mass is 274 g/mol. The van der Waals surface area contributed by atoms with Gasteiger partial charge in [-0.1, -0.05) is 31.2 Å². The first kappa shape index (κ1) is 13.6. The summed E-state index contributed by atoms with van der Waals surface area (Å²) in [6, 6.07) is 7.88. The largest absolute Gasteiger partial charge is 0.394 e. The van der Waals surface area contributed by atoms with Crippen molar-refractivity contribution >= 4 is 5.91 Å².